The summed E-state index contributed by atoms with van der Waals surface area (Å²) in [7, 11) is 0. The molecule has 0 atom stereocenters. The molecule has 1 aliphatic rings. The monoisotopic (exact) mass is 327 g/mol. The van der Waals surface area contributed by atoms with E-state index in [-0.39, 0.29) is 12.3 Å². The van der Waals surface area contributed by atoms with Gasteiger partial charge in [0.1, 0.15) is 5.76 Å². The summed E-state index contributed by atoms with van der Waals surface area (Å²) in [6.45, 7) is 5.93. The van der Waals surface area contributed by atoms with Crippen LogP contribution in [-0.2, 0) is 11.2 Å². The molecule has 0 saturated carbocycles. The van der Waals surface area contributed by atoms with Crippen LogP contribution in [0.2, 0.25) is 0 Å². The second kappa shape index (κ2) is 7.51. The van der Waals surface area contributed by atoms with Crippen LogP contribution < -0.4 is 10.2 Å². The Morgan fingerprint density at radius 3 is 2.38 bits per heavy atom. The van der Waals surface area contributed by atoms with Crippen LogP contribution in [0.5, 0.6) is 0 Å². The van der Waals surface area contributed by atoms with Crippen molar-refractivity contribution in [3.63, 3.8) is 0 Å². The van der Waals surface area contributed by atoms with Gasteiger partial charge in [-0.15, -0.1) is 0 Å². The van der Waals surface area contributed by atoms with Crippen molar-refractivity contribution in [2.45, 2.75) is 46.0 Å². The average Bonchev–Trinajstić information content (AvgIpc) is 2.80. The van der Waals surface area contributed by atoms with Gasteiger partial charge >= 0.3 is 0 Å². The van der Waals surface area contributed by atoms with Gasteiger partial charge in [0.25, 0.3) is 0 Å². The van der Waals surface area contributed by atoms with Gasteiger partial charge in [0, 0.05) is 30.0 Å². The van der Waals surface area contributed by atoms with Gasteiger partial charge in [-0.05, 0) is 51.0 Å². The minimum atomic E-state index is -0.0491. The van der Waals surface area contributed by atoms with Crippen molar-refractivity contribution in [1.82, 2.24) is 5.16 Å². The lowest BCUT2D eigenvalue weighted by Gasteiger charge is -2.22. The van der Waals surface area contributed by atoms with Gasteiger partial charge in [-0.25, -0.2) is 0 Å². The normalized spacial score (nSPS) is 15.2. The summed E-state index contributed by atoms with van der Waals surface area (Å²) in [6, 6.07) is 8.14. The number of hydrogen-bond donors (Lipinski definition) is 1. The molecule has 1 N–H and O–H groups in total. The van der Waals surface area contributed by atoms with Gasteiger partial charge in [-0.3, -0.25) is 4.79 Å². The molecule has 2 heterocycles. The Hall–Kier alpha value is -2.30. The Morgan fingerprint density at radius 1 is 1.12 bits per heavy atom. The molecule has 0 aliphatic carbocycles. The van der Waals surface area contributed by atoms with Crippen molar-refractivity contribution < 1.29 is 9.32 Å². The maximum Gasteiger partial charge on any atom is 0.228 e. The van der Waals surface area contributed by atoms with Crippen LogP contribution in [0, 0.1) is 13.8 Å². The first kappa shape index (κ1) is 16.6. The molecule has 24 heavy (non-hydrogen) atoms. The molecule has 3 rings (SSSR count). The number of anilines is 2. The first-order chi connectivity index (χ1) is 11.6. The average molecular weight is 327 g/mol. The number of carbonyl (C=O) groups excluding carboxylic acids is 1. The van der Waals surface area contributed by atoms with E-state index >= 15 is 0 Å². The quantitative estimate of drug-likeness (QED) is 0.926. The van der Waals surface area contributed by atoms with Crippen molar-refractivity contribution >= 4 is 17.3 Å². The summed E-state index contributed by atoms with van der Waals surface area (Å²) in [5, 5.41) is 6.84. The number of rotatable bonds is 4. The Labute approximate surface area is 143 Å². The fraction of sp³-hybridized carbons (Fsp3) is 0.474. The van der Waals surface area contributed by atoms with E-state index in [0.29, 0.717) is 5.76 Å². The lowest BCUT2D eigenvalue weighted by Crippen LogP contribution is -2.23. The van der Waals surface area contributed by atoms with Gasteiger partial charge in [0.05, 0.1) is 12.1 Å². The lowest BCUT2D eigenvalue weighted by atomic mass is 10.1. The standard InChI is InChI=1S/C19H25N3O2/c1-14-18(15(2)24-21-14)13-19(23)20-16-7-9-17(10-8-16)22-11-5-3-4-6-12-22/h7-10H,3-6,11-13H2,1-2H3,(H,20,23). The van der Waals surface area contributed by atoms with E-state index in [9.17, 15) is 4.79 Å². The highest BCUT2D eigenvalue weighted by Crippen LogP contribution is 2.22. The zero-order chi connectivity index (χ0) is 16.9. The van der Waals surface area contributed by atoms with Crippen LogP contribution in [-0.4, -0.2) is 24.2 Å². The van der Waals surface area contributed by atoms with Gasteiger partial charge in [-0.2, -0.15) is 0 Å². The van der Waals surface area contributed by atoms with Gasteiger partial charge in [-0.1, -0.05) is 18.0 Å². The van der Waals surface area contributed by atoms with E-state index in [1.807, 2.05) is 26.0 Å². The summed E-state index contributed by atoms with van der Waals surface area (Å²) >= 11 is 0. The van der Waals surface area contributed by atoms with Gasteiger partial charge < -0.3 is 14.7 Å². The summed E-state index contributed by atoms with van der Waals surface area (Å²) in [6.07, 6.45) is 5.46. The molecule has 0 unspecified atom stereocenters. The summed E-state index contributed by atoms with van der Waals surface area (Å²) < 4.78 is 5.10. The molecule has 0 spiro atoms. The fourth-order valence-corrected chi connectivity index (χ4v) is 3.20. The lowest BCUT2D eigenvalue weighted by molar-refractivity contribution is -0.115. The van der Waals surface area contributed by atoms with Crippen molar-refractivity contribution in [3.8, 4) is 0 Å². The zero-order valence-corrected chi connectivity index (χ0v) is 14.5. The van der Waals surface area contributed by atoms with Gasteiger partial charge in [0.15, 0.2) is 0 Å². The molecular formula is C19H25N3O2. The molecule has 5 heteroatoms. The third kappa shape index (κ3) is 3.96. The molecule has 0 radical (unpaired) electrons. The van der Waals surface area contributed by atoms with Crippen molar-refractivity contribution in [3.05, 3.63) is 41.3 Å². The van der Waals surface area contributed by atoms with E-state index in [0.717, 1.165) is 30.0 Å². The maximum atomic E-state index is 12.2. The zero-order valence-electron chi connectivity index (χ0n) is 14.5. The van der Waals surface area contributed by atoms with E-state index in [1.165, 1.54) is 31.4 Å². The third-order valence-corrected chi connectivity index (χ3v) is 4.64. The van der Waals surface area contributed by atoms with Crippen LogP contribution in [0.1, 0.15) is 42.7 Å². The smallest absolute Gasteiger partial charge is 0.228 e. The number of hydrogen-bond acceptors (Lipinski definition) is 4. The number of nitrogens with zero attached hydrogens (tertiary/aromatic N) is 2. The molecule has 1 amide bonds. The summed E-state index contributed by atoms with van der Waals surface area (Å²) in [4.78, 5) is 14.7. The molecule has 1 saturated heterocycles. The van der Waals surface area contributed by atoms with Crippen LogP contribution in [0.4, 0.5) is 11.4 Å². The van der Waals surface area contributed by atoms with E-state index in [2.05, 4.69) is 27.5 Å². The Kier molecular flexibility index (Phi) is 5.18. The number of amides is 1. The van der Waals surface area contributed by atoms with E-state index in [1.54, 1.807) is 0 Å². The molecule has 1 aromatic heterocycles. The fourth-order valence-electron chi connectivity index (χ4n) is 3.20. The molecule has 1 aromatic carbocycles. The van der Waals surface area contributed by atoms with Crippen LogP contribution in [0.25, 0.3) is 0 Å². The largest absolute Gasteiger partial charge is 0.372 e. The van der Waals surface area contributed by atoms with Crippen molar-refractivity contribution in [1.29, 1.82) is 0 Å². The van der Waals surface area contributed by atoms with Crippen LogP contribution in [0.3, 0.4) is 0 Å². The Bertz CT molecular complexity index is 664. The minimum absolute atomic E-state index is 0.0491. The molecule has 0 bridgehead atoms. The number of benzene rings is 1. The van der Waals surface area contributed by atoms with Crippen LogP contribution in [0.15, 0.2) is 28.8 Å². The summed E-state index contributed by atoms with van der Waals surface area (Å²) in [5.74, 6) is 0.658. The van der Waals surface area contributed by atoms with Crippen molar-refractivity contribution in [2.24, 2.45) is 0 Å². The highest BCUT2D eigenvalue weighted by molar-refractivity contribution is 5.92. The molecule has 128 valence electrons. The predicted molar refractivity (Wildman–Crippen MR) is 95.4 cm³/mol. The Morgan fingerprint density at radius 2 is 1.79 bits per heavy atom. The van der Waals surface area contributed by atoms with E-state index in [4.69, 9.17) is 4.52 Å². The molecule has 2 aromatic rings. The predicted octanol–water partition coefficient (Wildman–Crippen LogP) is 3.85. The maximum absolute atomic E-state index is 12.2. The second-order valence-corrected chi connectivity index (χ2v) is 6.48. The third-order valence-electron chi connectivity index (χ3n) is 4.64. The van der Waals surface area contributed by atoms with Crippen molar-refractivity contribution in [2.75, 3.05) is 23.3 Å². The minimum Gasteiger partial charge on any atom is -0.372 e. The van der Waals surface area contributed by atoms with Gasteiger partial charge in [0.2, 0.25) is 5.91 Å². The number of nitrogens with one attached hydrogen (secondary N) is 1. The number of aromatic nitrogens is 1. The van der Waals surface area contributed by atoms with Crippen LogP contribution >= 0.6 is 0 Å². The first-order valence-corrected chi connectivity index (χ1v) is 8.70. The molecular weight excluding hydrogens is 302 g/mol. The first-order valence-electron chi connectivity index (χ1n) is 8.70. The number of aryl methyl sites for hydroxylation is 2. The van der Waals surface area contributed by atoms with E-state index < -0.39 is 0 Å². The molecule has 5 nitrogen and oxygen atoms in total. The molecule has 1 fully saturated rings. The highest BCUT2D eigenvalue weighted by atomic mass is 16.5. The SMILES string of the molecule is Cc1noc(C)c1CC(=O)Nc1ccc(N2CCCCCC2)cc1. The topological polar surface area (TPSA) is 58.4 Å². The highest BCUT2D eigenvalue weighted by Gasteiger charge is 2.14. The second-order valence-electron chi connectivity index (χ2n) is 6.48. The summed E-state index contributed by atoms with van der Waals surface area (Å²) in [5.41, 5.74) is 3.71. The molecule has 1 aliphatic heterocycles. The number of carbonyl (C=O) groups is 1. The Balaban J connectivity index is 1.60.